The SMILES string of the molecule is O=C(CCCCC1SCC2NC(=O)NC21)NCCOCCOCCNC(=O)CCCC[C@H]1SC[C@H]2NC(=O)N[C@H]21. The van der Waals surface area contributed by atoms with Crippen molar-refractivity contribution in [3.05, 3.63) is 0 Å². The fourth-order valence-electron chi connectivity index (χ4n) is 5.57. The number of urea groups is 2. The highest BCUT2D eigenvalue weighted by Gasteiger charge is 2.43. The largest absolute Gasteiger partial charge is 0.377 e. The maximum absolute atomic E-state index is 12.0. The Balaban J connectivity index is 0.868. The number of unbranched alkanes of at least 4 members (excludes halogenated alkanes) is 2. The molecule has 4 fully saturated rings. The summed E-state index contributed by atoms with van der Waals surface area (Å²) in [5.74, 6) is 1.99. The minimum absolute atomic E-state index is 0.0362. The number of amides is 6. The van der Waals surface area contributed by atoms with Crippen LogP contribution in [0.5, 0.6) is 0 Å². The molecular weight excluding hydrogens is 556 g/mol. The Kier molecular flexibility index (Phi) is 12.8. The summed E-state index contributed by atoms with van der Waals surface area (Å²) in [5, 5.41) is 18.5. The third-order valence-electron chi connectivity index (χ3n) is 7.67. The summed E-state index contributed by atoms with van der Waals surface area (Å²) in [5.41, 5.74) is 0. The van der Waals surface area contributed by atoms with Crippen molar-refractivity contribution >= 4 is 47.4 Å². The standard InChI is InChI=1S/C26H44N6O6S2/c33-21(7-3-1-5-19-23-17(15-39-19)29-25(35)31-23)27-9-11-37-13-14-38-12-10-28-22(34)8-4-2-6-20-24-18(16-40-20)30-26(36)32-24/h17-20,23-24H,1-16H2,(H,27,33)(H,28,34)(H2,29,31,35)(H2,30,32,36)/t17-,18?,19-,20?,23-,24?/m1/s1. The van der Waals surface area contributed by atoms with E-state index in [2.05, 4.69) is 31.9 Å². The molecule has 0 aromatic heterocycles. The topological polar surface area (TPSA) is 159 Å². The van der Waals surface area contributed by atoms with Gasteiger partial charge in [0.05, 0.1) is 50.6 Å². The number of thioether (sulfide) groups is 2. The van der Waals surface area contributed by atoms with E-state index >= 15 is 0 Å². The average Bonchev–Trinajstić information content (AvgIpc) is 3.68. The van der Waals surface area contributed by atoms with E-state index in [9.17, 15) is 19.2 Å². The van der Waals surface area contributed by atoms with E-state index in [-0.39, 0.29) is 48.0 Å². The lowest BCUT2D eigenvalue weighted by atomic mass is 10.0. The number of carbonyl (C=O) groups excluding carboxylic acids is 4. The molecule has 6 amide bonds. The highest BCUT2D eigenvalue weighted by Crippen LogP contribution is 2.34. The third-order valence-corrected chi connectivity index (χ3v) is 10.7. The molecule has 4 heterocycles. The van der Waals surface area contributed by atoms with Gasteiger partial charge in [0.1, 0.15) is 0 Å². The average molecular weight is 601 g/mol. The molecule has 4 saturated heterocycles. The Labute approximate surface area is 244 Å². The third kappa shape index (κ3) is 9.88. The van der Waals surface area contributed by atoms with E-state index in [1.807, 2.05) is 23.5 Å². The quantitative estimate of drug-likeness (QED) is 0.0934. The molecule has 226 valence electrons. The van der Waals surface area contributed by atoms with Gasteiger partial charge in [0.2, 0.25) is 11.8 Å². The molecule has 4 aliphatic heterocycles. The van der Waals surface area contributed by atoms with Crippen LogP contribution in [-0.4, -0.2) is 110 Å². The molecule has 4 rings (SSSR count). The van der Waals surface area contributed by atoms with E-state index in [0.717, 1.165) is 50.0 Å². The molecule has 0 aromatic rings. The Morgan fingerprint density at radius 2 is 1.12 bits per heavy atom. The molecule has 6 atom stereocenters. The van der Waals surface area contributed by atoms with E-state index in [1.165, 1.54) is 0 Å². The molecule has 0 aromatic carbocycles. The minimum Gasteiger partial charge on any atom is -0.377 e. The lowest BCUT2D eigenvalue weighted by Gasteiger charge is -2.16. The predicted octanol–water partition coefficient (Wildman–Crippen LogP) is 0.704. The number of fused-ring (bicyclic) bond motifs is 2. The zero-order valence-corrected chi connectivity index (χ0v) is 24.7. The summed E-state index contributed by atoms with van der Waals surface area (Å²) in [6.45, 7) is 2.69. The number of rotatable bonds is 19. The predicted molar refractivity (Wildman–Crippen MR) is 156 cm³/mol. The van der Waals surface area contributed by atoms with Crippen molar-refractivity contribution in [1.29, 1.82) is 0 Å². The second-order valence-corrected chi connectivity index (χ2v) is 13.2. The fraction of sp³-hybridized carbons (Fsp3) is 0.846. The maximum Gasteiger partial charge on any atom is 0.315 e. The van der Waals surface area contributed by atoms with Gasteiger partial charge >= 0.3 is 12.1 Å². The van der Waals surface area contributed by atoms with Crippen LogP contribution >= 0.6 is 23.5 Å². The molecule has 40 heavy (non-hydrogen) atoms. The Hall–Kier alpha value is -1.90. The summed E-state index contributed by atoms with van der Waals surface area (Å²) in [4.78, 5) is 46.9. The molecular formula is C26H44N6O6S2. The lowest BCUT2D eigenvalue weighted by Crippen LogP contribution is -2.36. The van der Waals surface area contributed by atoms with Crippen LogP contribution < -0.4 is 31.9 Å². The summed E-state index contributed by atoms with van der Waals surface area (Å²) in [6.07, 6.45) is 6.65. The van der Waals surface area contributed by atoms with Gasteiger partial charge in [-0.1, -0.05) is 12.8 Å². The number of nitrogens with one attached hydrogen (secondary N) is 6. The molecule has 12 nitrogen and oxygen atoms in total. The van der Waals surface area contributed by atoms with Crippen molar-refractivity contribution < 1.29 is 28.7 Å². The van der Waals surface area contributed by atoms with Gasteiger partial charge in [0, 0.05) is 47.9 Å². The first kappa shape index (κ1) is 31.0. The van der Waals surface area contributed by atoms with Crippen LogP contribution in [0.15, 0.2) is 0 Å². The van der Waals surface area contributed by atoms with Gasteiger partial charge < -0.3 is 41.4 Å². The first-order valence-electron chi connectivity index (χ1n) is 14.6. The zero-order valence-electron chi connectivity index (χ0n) is 23.0. The molecule has 0 spiro atoms. The van der Waals surface area contributed by atoms with Crippen molar-refractivity contribution in [3.8, 4) is 0 Å². The van der Waals surface area contributed by atoms with Crippen LogP contribution in [0.4, 0.5) is 9.59 Å². The first-order chi connectivity index (χ1) is 19.5. The maximum atomic E-state index is 12.0. The molecule has 14 heteroatoms. The number of hydrogen-bond donors (Lipinski definition) is 6. The zero-order chi connectivity index (χ0) is 28.2. The Bertz CT molecular complexity index is 802. The van der Waals surface area contributed by atoms with E-state index in [1.54, 1.807) is 0 Å². The summed E-state index contributed by atoms with van der Waals surface area (Å²) in [7, 11) is 0. The molecule has 0 saturated carbocycles. The second kappa shape index (κ2) is 16.5. The van der Waals surface area contributed by atoms with Crippen LogP contribution in [0.2, 0.25) is 0 Å². The van der Waals surface area contributed by atoms with Gasteiger partial charge in [-0.2, -0.15) is 23.5 Å². The van der Waals surface area contributed by atoms with Crippen molar-refractivity contribution in [2.45, 2.75) is 86.0 Å². The van der Waals surface area contributed by atoms with Gasteiger partial charge in [-0.15, -0.1) is 0 Å². The van der Waals surface area contributed by atoms with Crippen LogP contribution in [0.1, 0.15) is 51.4 Å². The molecule has 0 bridgehead atoms. The fourth-order valence-corrected chi connectivity index (χ4v) is 8.66. The summed E-state index contributed by atoms with van der Waals surface area (Å²) >= 11 is 3.80. The Morgan fingerprint density at radius 1 is 0.675 bits per heavy atom. The minimum atomic E-state index is -0.0620. The van der Waals surface area contributed by atoms with Crippen molar-refractivity contribution in [2.75, 3.05) is 51.0 Å². The van der Waals surface area contributed by atoms with Crippen LogP contribution in [0.3, 0.4) is 0 Å². The molecule has 3 unspecified atom stereocenters. The highest BCUT2D eigenvalue weighted by molar-refractivity contribution is 8.00. The molecule has 6 N–H and O–H groups in total. The highest BCUT2D eigenvalue weighted by atomic mass is 32.2. The van der Waals surface area contributed by atoms with Crippen LogP contribution in [-0.2, 0) is 19.1 Å². The van der Waals surface area contributed by atoms with Crippen LogP contribution in [0, 0.1) is 0 Å². The molecule has 0 radical (unpaired) electrons. The van der Waals surface area contributed by atoms with Gasteiger partial charge in [-0.05, 0) is 25.7 Å². The van der Waals surface area contributed by atoms with E-state index < -0.39 is 0 Å². The molecule has 0 aliphatic carbocycles. The van der Waals surface area contributed by atoms with Gasteiger partial charge in [0.15, 0.2) is 0 Å². The number of hydrogen-bond acceptors (Lipinski definition) is 8. The molecule has 4 aliphatic rings. The van der Waals surface area contributed by atoms with Gasteiger partial charge in [0.25, 0.3) is 0 Å². The summed E-state index contributed by atoms with van der Waals surface area (Å²) in [6, 6.07) is 0.811. The number of carbonyl (C=O) groups is 4. The van der Waals surface area contributed by atoms with E-state index in [4.69, 9.17) is 9.47 Å². The van der Waals surface area contributed by atoms with Gasteiger partial charge in [-0.25, -0.2) is 9.59 Å². The normalized spacial score (nSPS) is 28.3. The Morgan fingerprint density at radius 3 is 1.57 bits per heavy atom. The monoisotopic (exact) mass is 600 g/mol. The van der Waals surface area contributed by atoms with Gasteiger partial charge in [-0.3, -0.25) is 9.59 Å². The van der Waals surface area contributed by atoms with E-state index in [0.29, 0.717) is 62.9 Å². The van der Waals surface area contributed by atoms with Crippen molar-refractivity contribution in [2.24, 2.45) is 0 Å². The van der Waals surface area contributed by atoms with Crippen LogP contribution in [0.25, 0.3) is 0 Å². The summed E-state index contributed by atoms with van der Waals surface area (Å²) < 4.78 is 11.0. The van der Waals surface area contributed by atoms with Crippen molar-refractivity contribution in [1.82, 2.24) is 31.9 Å². The lowest BCUT2D eigenvalue weighted by molar-refractivity contribution is -0.122. The van der Waals surface area contributed by atoms with Crippen molar-refractivity contribution in [3.63, 3.8) is 0 Å². The second-order valence-electron chi connectivity index (χ2n) is 10.7. The smallest absolute Gasteiger partial charge is 0.315 e. The number of ether oxygens (including phenoxy) is 2. The first-order valence-corrected chi connectivity index (χ1v) is 16.7.